The van der Waals surface area contributed by atoms with Crippen LogP contribution in [0.3, 0.4) is 0 Å². The zero-order valence-corrected chi connectivity index (χ0v) is 7.51. The van der Waals surface area contributed by atoms with Crippen LogP contribution in [0.1, 0.15) is 0 Å². The molecule has 0 unspecified atom stereocenters. The maximum atomic E-state index is 10.7. The van der Waals surface area contributed by atoms with E-state index >= 15 is 0 Å². The van der Waals surface area contributed by atoms with Crippen LogP contribution in [0.5, 0.6) is 0 Å². The summed E-state index contributed by atoms with van der Waals surface area (Å²) in [4.78, 5) is 0. The first-order valence-electron chi connectivity index (χ1n) is 2.92. The van der Waals surface area contributed by atoms with Crippen LogP contribution in [0.25, 0.3) is 0 Å². The predicted molar refractivity (Wildman–Crippen MR) is 41.4 cm³/mol. The van der Waals surface area contributed by atoms with Crippen molar-refractivity contribution in [3.05, 3.63) is 24.3 Å². The van der Waals surface area contributed by atoms with E-state index in [1.165, 1.54) is 12.1 Å². The quantitative estimate of drug-likeness (QED) is 0.408. The van der Waals surface area contributed by atoms with Gasteiger partial charge in [0.2, 0.25) is 0 Å². The molecule has 1 aromatic carbocycles. The van der Waals surface area contributed by atoms with Crippen molar-refractivity contribution >= 4 is 24.2 Å². The van der Waals surface area contributed by atoms with Gasteiger partial charge in [0.1, 0.15) is 0 Å². The van der Waals surface area contributed by atoms with Gasteiger partial charge in [-0.1, -0.05) is 0 Å². The summed E-state index contributed by atoms with van der Waals surface area (Å²) in [6.07, 6.45) is 0. The molecule has 0 amide bonds. The van der Waals surface area contributed by atoms with Gasteiger partial charge >= 0.3 is 66.1 Å². The van der Waals surface area contributed by atoms with Gasteiger partial charge in [-0.15, -0.1) is 0 Å². The van der Waals surface area contributed by atoms with Crippen molar-refractivity contribution in [1.29, 1.82) is 0 Å². The predicted octanol–water partition coefficient (Wildman–Crippen LogP) is -1.17. The van der Waals surface area contributed by atoms with Gasteiger partial charge in [0.05, 0.1) is 0 Å². The molecule has 0 aliphatic rings. The van der Waals surface area contributed by atoms with E-state index in [-0.39, 0.29) is 10.0 Å². The molecule has 0 bridgehead atoms. The number of rotatable bonds is 1. The van der Waals surface area contributed by atoms with Gasteiger partial charge in [0.15, 0.2) is 0 Å². The molecule has 0 heterocycles. The fourth-order valence-electron chi connectivity index (χ4n) is 0.753. The molecule has 0 radical (unpaired) electrons. The first kappa shape index (κ1) is 8.40. The van der Waals surface area contributed by atoms with Gasteiger partial charge in [0, 0.05) is 0 Å². The van der Waals surface area contributed by atoms with Crippen LogP contribution in [0.15, 0.2) is 24.3 Å². The normalized spacial score (nSPS) is 11.5. The van der Waals surface area contributed by atoms with Crippen LogP contribution < -0.4 is 10.1 Å². The van der Waals surface area contributed by atoms with Crippen molar-refractivity contribution in [2.24, 2.45) is 0 Å². The minimum absolute atomic E-state index is 0.0503. The van der Waals surface area contributed by atoms with E-state index in [0.717, 1.165) is 0 Å². The first-order valence-corrected chi connectivity index (χ1v) is 6.31. The zero-order chi connectivity index (χ0) is 8.48. The molecule has 1 rings (SSSR count). The van der Waals surface area contributed by atoms with Crippen molar-refractivity contribution in [2.45, 2.75) is 0 Å². The average molecular weight is 217 g/mol. The van der Waals surface area contributed by atoms with Crippen molar-refractivity contribution in [3.63, 3.8) is 0 Å². The number of benzene rings is 1. The third-order valence-electron chi connectivity index (χ3n) is 1.25. The standard InChI is InChI=1S/C6H8AsNO3/c8-6-4-2-1-3-5(6)7(9,10)11/h1-4H,8H2,(H2,9,10,11). The molecule has 0 aliphatic heterocycles. The van der Waals surface area contributed by atoms with Gasteiger partial charge in [-0.3, -0.25) is 0 Å². The van der Waals surface area contributed by atoms with Gasteiger partial charge in [0.25, 0.3) is 0 Å². The third-order valence-corrected chi connectivity index (χ3v) is 3.42. The number of hydrogen-bond donors (Lipinski definition) is 3. The Balaban J connectivity index is 3.25. The van der Waals surface area contributed by atoms with Gasteiger partial charge in [-0.2, -0.15) is 0 Å². The molecule has 0 spiro atoms. The molecule has 11 heavy (non-hydrogen) atoms. The molecule has 0 saturated carbocycles. The second-order valence-corrected chi connectivity index (χ2v) is 5.40. The number of anilines is 1. The summed E-state index contributed by atoms with van der Waals surface area (Å²) in [6, 6.07) is 5.99. The molecular formula is C6H8AsNO3. The monoisotopic (exact) mass is 217 g/mol. The van der Waals surface area contributed by atoms with Crippen molar-refractivity contribution < 1.29 is 11.9 Å². The molecule has 0 aliphatic carbocycles. The Morgan fingerprint density at radius 3 is 2.18 bits per heavy atom. The Bertz CT molecular complexity index is 306. The first-order chi connectivity index (χ1) is 5.02. The molecule has 0 atom stereocenters. The summed E-state index contributed by atoms with van der Waals surface area (Å²) >= 11 is -4.78. The van der Waals surface area contributed by atoms with Crippen LogP contribution >= 0.6 is 0 Å². The second kappa shape index (κ2) is 2.74. The summed E-state index contributed by atoms with van der Waals surface area (Å²) in [5, 5.41) is 0. The second-order valence-electron chi connectivity index (χ2n) is 2.10. The zero-order valence-electron chi connectivity index (χ0n) is 5.64. The van der Waals surface area contributed by atoms with E-state index in [1.807, 2.05) is 0 Å². The Labute approximate surface area is 66.7 Å². The molecule has 4 N–H and O–H groups in total. The molecule has 4 nitrogen and oxygen atoms in total. The van der Waals surface area contributed by atoms with Gasteiger partial charge < -0.3 is 0 Å². The Kier molecular flexibility index (Phi) is 2.09. The number of nitrogens with two attached hydrogens (primary N) is 1. The molecule has 5 heteroatoms. The topological polar surface area (TPSA) is 83.6 Å². The molecular weight excluding hydrogens is 209 g/mol. The van der Waals surface area contributed by atoms with Crippen molar-refractivity contribution in [1.82, 2.24) is 0 Å². The Morgan fingerprint density at radius 1 is 1.27 bits per heavy atom. The molecule has 1 aromatic rings. The SMILES string of the molecule is Nc1ccccc1[As](=O)(O)O. The number of nitrogen functional groups attached to an aromatic ring is 1. The van der Waals surface area contributed by atoms with E-state index < -0.39 is 14.2 Å². The Hall–Kier alpha value is -0.702. The van der Waals surface area contributed by atoms with Crippen LogP contribution in [0, 0.1) is 0 Å². The van der Waals surface area contributed by atoms with Crippen molar-refractivity contribution in [3.8, 4) is 0 Å². The Morgan fingerprint density at radius 2 is 1.82 bits per heavy atom. The van der Waals surface area contributed by atoms with E-state index in [4.69, 9.17) is 13.9 Å². The van der Waals surface area contributed by atoms with Gasteiger partial charge in [-0.25, -0.2) is 0 Å². The van der Waals surface area contributed by atoms with Crippen LogP contribution in [-0.4, -0.2) is 22.4 Å². The molecule has 60 valence electrons. The van der Waals surface area contributed by atoms with Crippen LogP contribution in [0.2, 0.25) is 0 Å². The van der Waals surface area contributed by atoms with Crippen LogP contribution in [-0.2, 0) is 3.74 Å². The van der Waals surface area contributed by atoms with E-state index in [9.17, 15) is 3.74 Å². The summed E-state index contributed by atoms with van der Waals surface area (Å²) in [7, 11) is 0. The molecule has 0 saturated heterocycles. The van der Waals surface area contributed by atoms with E-state index in [1.54, 1.807) is 12.1 Å². The number of hydrogen-bond acceptors (Lipinski definition) is 2. The van der Waals surface area contributed by atoms with E-state index in [2.05, 4.69) is 0 Å². The summed E-state index contributed by atoms with van der Waals surface area (Å²) in [5.74, 6) is 0. The minimum atomic E-state index is -4.78. The fourth-order valence-corrected chi connectivity index (χ4v) is 2.20. The summed E-state index contributed by atoms with van der Waals surface area (Å²) < 4.78 is 28.2. The van der Waals surface area contributed by atoms with E-state index in [0.29, 0.717) is 0 Å². The fraction of sp³-hybridized carbons (Fsp3) is 0. The maximum absolute atomic E-state index is 10.7. The summed E-state index contributed by atoms with van der Waals surface area (Å²) in [5.41, 5.74) is 5.48. The van der Waals surface area contributed by atoms with Crippen molar-refractivity contribution in [2.75, 3.05) is 5.73 Å². The summed E-state index contributed by atoms with van der Waals surface area (Å²) in [6.45, 7) is 0. The third kappa shape index (κ3) is 1.86. The average Bonchev–Trinajstić information content (AvgIpc) is 1.86. The van der Waals surface area contributed by atoms with Gasteiger partial charge in [-0.05, 0) is 0 Å². The van der Waals surface area contributed by atoms with Crippen LogP contribution in [0.4, 0.5) is 5.69 Å². The number of para-hydroxylation sites is 1. The molecule has 0 aromatic heterocycles. The molecule has 0 fully saturated rings.